The molecular weight excluding hydrogens is 244 g/mol. The molecule has 0 unspecified atom stereocenters. The van der Waals surface area contributed by atoms with Crippen molar-refractivity contribution in [1.29, 1.82) is 0 Å². The maximum absolute atomic E-state index is 11.6. The van der Waals surface area contributed by atoms with Gasteiger partial charge in [-0.15, -0.1) is 0 Å². The first-order valence-corrected chi connectivity index (χ1v) is 5.65. The minimum absolute atomic E-state index is 0.266. The van der Waals surface area contributed by atoms with Gasteiger partial charge in [-0.1, -0.05) is 17.7 Å². The topological polar surface area (TPSA) is 44.8 Å². The molecule has 0 aliphatic carbocycles. The lowest BCUT2D eigenvalue weighted by molar-refractivity contribution is 0.0526. The molecule has 0 heterocycles. The molecule has 1 aromatic carbocycles. The Balaban J connectivity index is 2.79. The van der Waals surface area contributed by atoms with E-state index < -0.39 is 5.97 Å². The van der Waals surface area contributed by atoms with Crippen molar-refractivity contribution in [3.63, 3.8) is 0 Å². The molecule has 0 fully saturated rings. The van der Waals surface area contributed by atoms with E-state index in [0.29, 0.717) is 31.1 Å². The number of halogens is 1. The Morgan fingerprint density at radius 3 is 2.76 bits per heavy atom. The minimum atomic E-state index is -0.449. The van der Waals surface area contributed by atoms with Gasteiger partial charge in [0, 0.05) is 7.11 Å². The molecule has 0 bridgehead atoms. The molecule has 1 aromatic rings. The van der Waals surface area contributed by atoms with E-state index in [-0.39, 0.29) is 5.02 Å². The first-order chi connectivity index (χ1) is 8.20. The quantitative estimate of drug-likeness (QED) is 0.581. The van der Waals surface area contributed by atoms with E-state index in [1.165, 1.54) is 0 Å². The van der Waals surface area contributed by atoms with E-state index in [2.05, 4.69) is 0 Å². The van der Waals surface area contributed by atoms with Crippen LogP contribution in [0.5, 0.6) is 5.75 Å². The van der Waals surface area contributed by atoms with Crippen LogP contribution in [0, 0.1) is 0 Å². The highest BCUT2D eigenvalue weighted by molar-refractivity contribution is 6.35. The SMILES string of the molecule is CCOC(=O)c1cccc(OCCOC)c1Cl. The van der Waals surface area contributed by atoms with Crippen LogP contribution in [0.25, 0.3) is 0 Å². The number of carbonyl (C=O) groups excluding carboxylic acids is 1. The van der Waals surface area contributed by atoms with Crippen LogP contribution < -0.4 is 4.74 Å². The van der Waals surface area contributed by atoms with Gasteiger partial charge in [0.25, 0.3) is 0 Å². The fourth-order valence-corrected chi connectivity index (χ4v) is 1.48. The summed E-state index contributed by atoms with van der Waals surface area (Å²) >= 11 is 6.05. The highest BCUT2D eigenvalue weighted by Gasteiger charge is 2.14. The zero-order chi connectivity index (χ0) is 12.7. The lowest BCUT2D eigenvalue weighted by atomic mass is 10.2. The summed E-state index contributed by atoms with van der Waals surface area (Å²) in [7, 11) is 1.58. The Morgan fingerprint density at radius 1 is 1.35 bits per heavy atom. The predicted octanol–water partition coefficient (Wildman–Crippen LogP) is 2.54. The lowest BCUT2D eigenvalue weighted by Crippen LogP contribution is -2.08. The summed E-state index contributed by atoms with van der Waals surface area (Å²) in [6.07, 6.45) is 0. The molecule has 0 spiro atoms. The third-order valence-corrected chi connectivity index (χ3v) is 2.39. The molecule has 0 atom stereocenters. The average Bonchev–Trinajstić information content (AvgIpc) is 2.32. The van der Waals surface area contributed by atoms with Crippen LogP contribution in [0.4, 0.5) is 0 Å². The van der Waals surface area contributed by atoms with Crippen LogP contribution in [0.3, 0.4) is 0 Å². The van der Waals surface area contributed by atoms with E-state index in [0.717, 1.165) is 0 Å². The molecule has 5 heteroatoms. The highest BCUT2D eigenvalue weighted by atomic mass is 35.5. The first-order valence-electron chi connectivity index (χ1n) is 5.28. The van der Waals surface area contributed by atoms with Gasteiger partial charge >= 0.3 is 5.97 Å². The van der Waals surface area contributed by atoms with Crippen molar-refractivity contribution in [3.05, 3.63) is 28.8 Å². The van der Waals surface area contributed by atoms with Gasteiger partial charge in [-0.05, 0) is 19.1 Å². The Morgan fingerprint density at radius 2 is 2.12 bits per heavy atom. The molecule has 0 saturated heterocycles. The normalized spacial score (nSPS) is 10.1. The smallest absolute Gasteiger partial charge is 0.339 e. The Hall–Kier alpha value is -1.26. The molecule has 0 saturated carbocycles. The second-order valence-corrected chi connectivity index (χ2v) is 3.56. The van der Waals surface area contributed by atoms with Crippen LogP contribution in [-0.4, -0.2) is 32.9 Å². The van der Waals surface area contributed by atoms with E-state index in [4.69, 9.17) is 25.8 Å². The van der Waals surface area contributed by atoms with Gasteiger partial charge in [0.2, 0.25) is 0 Å². The molecule has 0 aliphatic rings. The molecule has 0 radical (unpaired) electrons. The third-order valence-electron chi connectivity index (χ3n) is 2.00. The summed E-state index contributed by atoms with van der Waals surface area (Å²) in [4.78, 5) is 11.6. The van der Waals surface area contributed by atoms with Crippen molar-refractivity contribution >= 4 is 17.6 Å². The fourth-order valence-electron chi connectivity index (χ4n) is 1.22. The molecule has 94 valence electrons. The zero-order valence-electron chi connectivity index (χ0n) is 9.86. The van der Waals surface area contributed by atoms with Crippen LogP contribution in [0.1, 0.15) is 17.3 Å². The van der Waals surface area contributed by atoms with Gasteiger partial charge in [0.05, 0.1) is 23.8 Å². The summed E-state index contributed by atoms with van der Waals surface area (Å²) in [5.41, 5.74) is 0.309. The van der Waals surface area contributed by atoms with Crippen LogP contribution in [0.15, 0.2) is 18.2 Å². The molecular formula is C12H15ClO4. The second-order valence-electron chi connectivity index (χ2n) is 3.18. The van der Waals surface area contributed by atoms with Crippen molar-refractivity contribution < 1.29 is 19.0 Å². The summed E-state index contributed by atoms with van der Waals surface area (Å²) in [6, 6.07) is 4.99. The number of benzene rings is 1. The Kier molecular flexibility index (Phi) is 5.80. The molecule has 1 rings (SSSR count). The largest absolute Gasteiger partial charge is 0.490 e. The van der Waals surface area contributed by atoms with Gasteiger partial charge < -0.3 is 14.2 Å². The lowest BCUT2D eigenvalue weighted by Gasteiger charge is -2.10. The predicted molar refractivity (Wildman–Crippen MR) is 64.8 cm³/mol. The Bertz CT molecular complexity index is 379. The summed E-state index contributed by atoms with van der Waals surface area (Å²) in [5.74, 6) is 0.00367. The van der Waals surface area contributed by atoms with Gasteiger partial charge in [0.15, 0.2) is 0 Å². The minimum Gasteiger partial charge on any atom is -0.490 e. The van der Waals surface area contributed by atoms with Crippen LogP contribution >= 0.6 is 11.6 Å². The number of carbonyl (C=O) groups is 1. The van der Waals surface area contributed by atoms with Gasteiger partial charge in [-0.3, -0.25) is 0 Å². The van der Waals surface area contributed by atoms with Crippen molar-refractivity contribution in [2.75, 3.05) is 26.9 Å². The molecule has 4 nitrogen and oxygen atoms in total. The van der Waals surface area contributed by atoms with Gasteiger partial charge in [-0.25, -0.2) is 4.79 Å². The van der Waals surface area contributed by atoms with Crippen molar-refractivity contribution in [1.82, 2.24) is 0 Å². The highest BCUT2D eigenvalue weighted by Crippen LogP contribution is 2.28. The second kappa shape index (κ2) is 7.14. The van der Waals surface area contributed by atoms with E-state index in [1.807, 2.05) is 0 Å². The van der Waals surface area contributed by atoms with Crippen LogP contribution in [0.2, 0.25) is 5.02 Å². The number of rotatable bonds is 6. The standard InChI is InChI=1S/C12H15ClO4/c1-3-16-12(14)9-5-4-6-10(11(9)13)17-8-7-15-2/h4-6H,3,7-8H2,1-2H3. The van der Waals surface area contributed by atoms with Crippen LogP contribution in [-0.2, 0) is 9.47 Å². The third kappa shape index (κ3) is 3.91. The summed E-state index contributed by atoms with van der Waals surface area (Å²) in [5, 5.41) is 0.266. The first kappa shape index (κ1) is 13.8. The molecule has 0 aliphatic heterocycles. The number of esters is 1. The monoisotopic (exact) mass is 258 g/mol. The van der Waals surface area contributed by atoms with Gasteiger partial charge in [-0.2, -0.15) is 0 Å². The van der Waals surface area contributed by atoms with Crippen molar-refractivity contribution in [2.24, 2.45) is 0 Å². The van der Waals surface area contributed by atoms with Gasteiger partial charge in [0.1, 0.15) is 12.4 Å². The summed E-state index contributed by atoms with van der Waals surface area (Å²) in [6.45, 7) is 2.89. The Labute approximate surface area is 105 Å². The van der Waals surface area contributed by atoms with Crippen molar-refractivity contribution in [3.8, 4) is 5.75 Å². The molecule has 0 amide bonds. The molecule has 0 N–H and O–H groups in total. The fraction of sp³-hybridized carbons (Fsp3) is 0.417. The molecule has 17 heavy (non-hydrogen) atoms. The van der Waals surface area contributed by atoms with Crippen molar-refractivity contribution in [2.45, 2.75) is 6.92 Å². The number of hydrogen-bond donors (Lipinski definition) is 0. The number of hydrogen-bond acceptors (Lipinski definition) is 4. The number of methoxy groups -OCH3 is 1. The maximum atomic E-state index is 11.6. The van der Waals surface area contributed by atoms with E-state index >= 15 is 0 Å². The molecule has 0 aromatic heterocycles. The van der Waals surface area contributed by atoms with E-state index in [9.17, 15) is 4.79 Å². The zero-order valence-corrected chi connectivity index (χ0v) is 10.6. The average molecular weight is 259 g/mol. The van der Waals surface area contributed by atoms with E-state index in [1.54, 1.807) is 32.2 Å². The maximum Gasteiger partial charge on any atom is 0.339 e. The number of ether oxygens (including phenoxy) is 3. The summed E-state index contributed by atoms with van der Waals surface area (Å²) < 4.78 is 15.1.